The number of rotatable bonds is 5. The van der Waals surface area contributed by atoms with Crippen LogP contribution in [-0.4, -0.2) is 45.2 Å². The highest BCUT2D eigenvalue weighted by molar-refractivity contribution is 7.92. The Kier molecular flexibility index (Phi) is 7.14. The van der Waals surface area contributed by atoms with E-state index in [4.69, 9.17) is 0 Å². The maximum atomic E-state index is 14.9. The predicted molar refractivity (Wildman–Crippen MR) is 131 cm³/mol. The molecule has 6 nitrogen and oxygen atoms in total. The Morgan fingerprint density at radius 1 is 0.952 bits per heavy atom. The van der Waals surface area contributed by atoms with Gasteiger partial charge < -0.3 is 10.6 Å². The smallest absolute Gasteiger partial charge is 0.355 e. The second kappa shape index (κ2) is 9.91. The van der Waals surface area contributed by atoms with Crippen molar-refractivity contribution >= 4 is 21.7 Å². The molecule has 2 N–H and O–H groups in total. The number of sulfone groups is 1. The van der Waals surface area contributed by atoms with Crippen LogP contribution in [0.25, 0.3) is 0 Å². The van der Waals surface area contributed by atoms with Crippen molar-refractivity contribution in [1.82, 2.24) is 10.6 Å². The zero-order valence-corrected chi connectivity index (χ0v) is 22.4. The minimum atomic E-state index is -6.35. The number of benzene rings is 2. The van der Waals surface area contributed by atoms with E-state index < -0.39 is 67.8 Å². The SMILES string of the molecule is O=C1CC(C(=O)N[C@@H]2CC[C@@]3(S(=O)(=O)c4ccc(F)cc4)c4ccc(C(F)(C(F)(F)F)C(F)(F)F)cc4CC[C@@H]23)CN1. The molecule has 0 spiro atoms. The lowest BCUT2D eigenvalue weighted by Gasteiger charge is -2.43. The average Bonchev–Trinajstić information content (AvgIpc) is 3.51. The Hall–Kier alpha value is -3.23. The Morgan fingerprint density at radius 3 is 2.17 bits per heavy atom. The summed E-state index contributed by atoms with van der Waals surface area (Å²) >= 11 is 0. The summed E-state index contributed by atoms with van der Waals surface area (Å²) < 4.78 is 136. The largest absolute Gasteiger partial charge is 0.435 e. The molecule has 1 saturated heterocycles. The molecule has 42 heavy (non-hydrogen) atoms. The number of carbonyl (C=O) groups is 2. The van der Waals surface area contributed by atoms with E-state index >= 15 is 0 Å². The van der Waals surface area contributed by atoms with Gasteiger partial charge in [0.25, 0.3) is 0 Å². The monoisotopic (exact) mass is 624 g/mol. The van der Waals surface area contributed by atoms with Crippen molar-refractivity contribution in [3.05, 3.63) is 65.0 Å². The number of hydrogen-bond donors (Lipinski definition) is 2. The van der Waals surface area contributed by atoms with E-state index in [0.717, 1.165) is 30.3 Å². The van der Waals surface area contributed by atoms with Gasteiger partial charge in [-0.15, -0.1) is 0 Å². The molecule has 1 aliphatic heterocycles. The molecule has 2 fully saturated rings. The average molecular weight is 625 g/mol. The summed E-state index contributed by atoms with van der Waals surface area (Å²) in [5, 5.41) is 5.32. The summed E-state index contributed by atoms with van der Waals surface area (Å²) in [5.41, 5.74) is -7.74. The van der Waals surface area contributed by atoms with Crippen molar-refractivity contribution in [2.75, 3.05) is 6.54 Å². The molecule has 228 valence electrons. The summed E-state index contributed by atoms with van der Waals surface area (Å²) in [6.45, 7) is 0.0794. The topological polar surface area (TPSA) is 92.3 Å². The van der Waals surface area contributed by atoms with Crippen LogP contribution in [0.15, 0.2) is 47.4 Å². The molecule has 3 aliphatic rings. The molecule has 0 aromatic heterocycles. The van der Waals surface area contributed by atoms with Crippen molar-refractivity contribution < 1.29 is 53.1 Å². The van der Waals surface area contributed by atoms with E-state index in [1.807, 2.05) is 0 Å². The zero-order valence-electron chi connectivity index (χ0n) is 21.6. The lowest BCUT2D eigenvalue weighted by atomic mass is 9.74. The second-order valence-corrected chi connectivity index (χ2v) is 13.1. The Morgan fingerprint density at radius 2 is 1.60 bits per heavy atom. The van der Waals surface area contributed by atoms with Crippen molar-refractivity contribution in [1.29, 1.82) is 0 Å². The van der Waals surface area contributed by atoms with Crippen LogP contribution < -0.4 is 10.6 Å². The van der Waals surface area contributed by atoms with E-state index in [1.165, 1.54) is 0 Å². The van der Waals surface area contributed by atoms with Crippen molar-refractivity contribution in [3.63, 3.8) is 0 Å². The van der Waals surface area contributed by atoms with Gasteiger partial charge in [0.1, 0.15) is 10.6 Å². The summed E-state index contributed by atoms with van der Waals surface area (Å²) in [6, 6.07) is 4.51. The molecule has 2 amide bonds. The molecule has 1 saturated carbocycles. The van der Waals surface area contributed by atoms with E-state index in [2.05, 4.69) is 10.6 Å². The molecule has 1 heterocycles. The maximum absolute atomic E-state index is 14.9. The van der Waals surface area contributed by atoms with Crippen molar-refractivity contribution in [3.8, 4) is 0 Å². The summed E-state index contributed by atoms with van der Waals surface area (Å²) in [7, 11) is -4.51. The third-order valence-electron chi connectivity index (χ3n) is 8.66. The molecular formula is C27H24F8N2O4S. The number of amides is 2. The molecule has 2 aromatic rings. The standard InChI is InChI=1S/C27H24F8N2O4S/c28-17-3-5-18(6-4-17)42(40,41)24-10-9-21(37-23(39)15-12-22(38)36-13-15)20(24)7-1-14-11-16(2-8-19(14)24)25(29,26(30,31)32)27(33,34)35/h2-6,8,11,15,20-21H,1,7,9-10,12-13H2,(H,36,38)(H,37,39)/t15?,20-,21+,24+/m0/s1. The molecule has 1 unspecified atom stereocenters. The lowest BCUT2D eigenvalue weighted by molar-refractivity contribution is -0.348. The highest BCUT2D eigenvalue weighted by Crippen LogP contribution is 2.59. The first-order valence-corrected chi connectivity index (χ1v) is 14.5. The van der Waals surface area contributed by atoms with Crippen molar-refractivity contribution in [2.24, 2.45) is 11.8 Å². The normalized spacial score (nSPS) is 26.4. The number of fused-ring (bicyclic) bond motifs is 3. The number of nitrogens with one attached hydrogen (secondary N) is 2. The molecule has 5 rings (SSSR count). The van der Waals surface area contributed by atoms with Gasteiger partial charge >= 0.3 is 18.0 Å². The number of aryl methyl sites for hydroxylation is 1. The Balaban J connectivity index is 1.63. The fraction of sp³-hybridized carbons (Fsp3) is 0.481. The van der Waals surface area contributed by atoms with Gasteiger partial charge in [0.15, 0.2) is 9.84 Å². The van der Waals surface area contributed by atoms with Crippen LogP contribution in [0, 0.1) is 17.7 Å². The first-order valence-electron chi connectivity index (χ1n) is 13.0. The van der Waals surface area contributed by atoms with Gasteiger partial charge in [0.05, 0.1) is 10.8 Å². The van der Waals surface area contributed by atoms with E-state index in [-0.39, 0.29) is 60.6 Å². The molecule has 0 bridgehead atoms. The van der Waals surface area contributed by atoms with Crippen LogP contribution >= 0.6 is 0 Å². The number of halogens is 8. The Labute approximate surface area is 234 Å². The molecule has 0 radical (unpaired) electrons. The van der Waals surface area contributed by atoms with E-state index in [9.17, 15) is 53.1 Å². The van der Waals surface area contributed by atoms with Gasteiger partial charge in [0, 0.05) is 30.5 Å². The van der Waals surface area contributed by atoms with Crippen molar-refractivity contribution in [2.45, 2.75) is 65.8 Å². The number of carbonyl (C=O) groups excluding carboxylic acids is 2. The highest BCUT2D eigenvalue weighted by atomic mass is 32.2. The van der Waals surface area contributed by atoms with Gasteiger partial charge in [0.2, 0.25) is 11.8 Å². The zero-order chi connectivity index (χ0) is 30.9. The molecule has 15 heteroatoms. The van der Waals surface area contributed by atoms with Gasteiger partial charge in [-0.2, -0.15) is 26.3 Å². The second-order valence-electron chi connectivity index (χ2n) is 10.9. The van der Waals surface area contributed by atoms with Crippen LogP contribution in [0.2, 0.25) is 0 Å². The number of hydrogen-bond acceptors (Lipinski definition) is 4. The highest BCUT2D eigenvalue weighted by Gasteiger charge is 2.73. The van der Waals surface area contributed by atoms with Gasteiger partial charge in [-0.3, -0.25) is 9.59 Å². The summed E-state index contributed by atoms with van der Waals surface area (Å²) in [4.78, 5) is 24.2. The maximum Gasteiger partial charge on any atom is 0.435 e. The van der Waals surface area contributed by atoms with Gasteiger partial charge in [-0.05, 0) is 61.1 Å². The van der Waals surface area contributed by atoms with Crippen LogP contribution in [0.5, 0.6) is 0 Å². The van der Waals surface area contributed by atoms with E-state index in [0.29, 0.717) is 12.1 Å². The minimum absolute atomic E-state index is 0.0722. The summed E-state index contributed by atoms with van der Waals surface area (Å²) in [5.74, 6) is -3.18. The predicted octanol–water partition coefficient (Wildman–Crippen LogP) is 4.76. The third-order valence-corrected chi connectivity index (χ3v) is 11.2. The molecule has 4 atom stereocenters. The van der Waals surface area contributed by atoms with Crippen LogP contribution in [0.3, 0.4) is 0 Å². The fourth-order valence-electron chi connectivity index (χ4n) is 6.64. The summed E-state index contributed by atoms with van der Waals surface area (Å²) in [6.07, 6.45) is -13.2. The van der Waals surface area contributed by atoms with Crippen LogP contribution in [-0.2, 0) is 36.3 Å². The minimum Gasteiger partial charge on any atom is -0.355 e. The fourth-order valence-corrected chi connectivity index (χ4v) is 9.11. The number of alkyl halides is 7. The molecule has 2 aromatic carbocycles. The molecule has 2 aliphatic carbocycles. The first kappa shape index (κ1) is 30.2. The molecular weight excluding hydrogens is 600 g/mol. The van der Waals surface area contributed by atoms with Crippen LogP contribution in [0.1, 0.15) is 42.4 Å². The Bertz CT molecular complexity index is 1510. The lowest BCUT2D eigenvalue weighted by Crippen LogP contribution is -2.51. The van der Waals surface area contributed by atoms with Crippen LogP contribution in [0.4, 0.5) is 35.1 Å². The van der Waals surface area contributed by atoms with E-state index in [1.54, 1.807) is 0 Å². The third kappa shape index (κ3) is 4.45. The quantitative estimate of drug-likeness (QED) is 0.371. The van der Waals surface area contributed by atoms with Gasteiger partial charge in [-0.1, -0.05) is 18.2 Å². The first-order chi connectivity index (χ1) is 19.4. The van der Waals surface area contributed by atoms with Gasteiger partial charge in [-0.25, -0.2) is 17.2 Å².